The molecule has 4 aromatic rings. The number of hydrogen-bond acceptors (Lipinski definition) is 8. The highest BCUT2D eigenvalue weighted by atomic mass is 16.6. The van der Waals surface area contributed by atoms with E-state index in [-0.39, 0.29) is 33.1 Å². The zero-order valence-corrected chi connectivity index (χ0v) is 23.8. The molecule has 2 aromatic carbocycles. The van der Waals surface area contributed by atoms with Crippen LogP contribution in [0.1, 0.15) is 55.9 Å². The molecule has 0 saturated heterocycles. The van der Waals surface area contributed by atoms with E-state index >= 15 is 0 Å². The Labute approximate surface area is 251 Å². The van der Waals surface area contributed by atoms with Gasteiger partial charge in [0.1, 0.15) is 11.9 Å². The van der Waals surface area contributed by atoms with Gasteiger partial charge in [0.2, 0.25) is 5.91 Å². The van der Waals surface area contributed by atoms with Crippen LogP contribution in [0.15, 0.2) is 73.1 Å². The van der Waals surface area contributed by atoms with Gasteiger partial charge in [-0.05, 0) is 25.0 Å². The topological polar surface area (TPSA) is 142 Å². The van der Waals surface area contributed by atoms with Crippen LogP contribution in [-0.2, 0) is 47.1 Å². The van der Waals surface area contributed by atoms with Gasteiger partial charge in [-0.15, -0.1) is 10.2 Å². The first-order valence-corrected chi connectivity index (χ1v) is 13.9. The third kappa shape index (κ3) is 8.05. The van der Waals surface area contributed by atoms with Crippen molar-refractivity contribution in [3.63, 3.8) is 0 Å². The zero-order chi connectivity index (χ0) is 29.5. The summed E-state index contributed by atoms with van der Waals surface area (Å²) in [6.07, 6.45) is 3.11. The Hall–Kier alpha value is -4.55. The number of nitrogens with one attached hydrogen (secondary N) is 1. The number of nitrogens with zero attached hydrogens (tertiary/aromatic N) is 6. The minimum atomic E-state index is -1.08. The molecule has 0 saturated carbocycles. The monoisotopic (exact) mass is 588 g/mol. The maximum absolute atomic E-state index is 13.0. The maximum Gasteiger partial charge on any atom is 0.410 e. The smallest absolute Gasteiger partial charge is 0.410 e. The van der Waals surface area contributed by atoms with Crippen molar-refractivity contribution in [2.24, 2.45) is 5.73 Å². The van der Waals surface area contributed by atoms with Crippen molar-refractivity contribution in [3.05, 3.63) is 102 Å². The molecule has 43 heavy (non-hydrogen) atoms. The van der Waals surface area contributed by atoms with Gasteiger partial charge in [-0.1, -0.05) is 68.1 Å². The Bertz CT molecular complexity index is 1480. The summed E-state index contributed by atoms with van der Waals surface area (Å²) in [6.45, 7) is 5.57. The Morgan fingerprint density at radius 3 is 2.40 bits per heavy atom. The van der Waals surface area contributed by atoms with Crippen LogP contribution in [0.5, 0.6) is 0 Å². The lowest BCUT2D eigenvalue weighted by Gasteiger charge is -2.29. The number of nitrogens with two attached hydrogens (primary N) is 1. The number of amides is 2. The molecule has 3 N–H and O–H groups in total. The van der Waals surface area contributed by atoms with E-state index in [2.05, 4.69) is 20.5 Å². The van der Waals surface area contributed by atoms with Gasteiger partial charge in [0.15, 0.2) is 18.3 Å². The third-order valence-electron chi connectivity index (χ3n) is 6.96. The summed E-state index contributed by atoms with van der Waals surface area (Å²) < 4.78 is 15.4. The lowest BCUT2D eigenvalue weighted by Crippen LogP contribution is -2.51. The number of aromatic nitrogens is 5. The van der Waals surface area contributed by atoms with Crippen LogP contribution >= 0.6 is 0 Å². The highest BCUT2D eigenvalue weighted by Crippen LogP contribution is 2.20. The molecule has 3 heterocycles. The second-order valence-corrected chi connectivity index (χ2v) is 10.8. The van der Waals surface area contributed by atoms with Crippen molar-refractivity contribution >= 4 is 12.0 Å². The van der Waals surface area contributed by atoms with Crippen molar-refractivity contribution in [2.75, 3.05) is 13.2 Å². The van der Waals surface area contributed by atoms with Crippen molar-refractivity contribution in [1.29, 1.82) is 0 Å². The molecule has 2 amide bonds. The molecule has 0 radical (unpaired) electrons. The lowest BCUT2D eigenvalue weighted by molar-refractivity contribution is -0.126. The first-order chi connectivity index (χ1) is 20.3. The number of imidazole rings is 1. The van der Waals surface area contributed by atoms with Crippen LogP contribution in [0, 0.1) is 0 Å². The fourth-order valence-corrected chi connectivity index (χ4v) is 4.61. The van der Waals surface area contributed by atoms with Crippen molar-refractivity contribution < 1.29 is 19.1 Å². The molecule has 0 unspecified atom stereocenters. The van der Waals surface area contributed by atoms with Crippen molar-refractivity contribution in [1.82, 2.24) is 34.5 Å². The summed E-state index contributed by atoms with van der Waals surface area (Å²) in [5, 5.41) is 11.7. The van der Waals surface area contributed by atoms with Crippen LogP contribution in [0.2, 0.25) is 0 Å². The molecule has 0 bridgehead atoms. The second kappa shape index (κ2) is 14.1. The van der Waals surface area contributed by atoms with Crippen LogP contribution in [-0.4, -0.2) is 59.9 Å². The van der Waals surface area contributed by atoms with Crippen molar-refractivity contribution in [2.45, 2.75) is 65.7 Å². The largest absolute Gasteiger partial charge is 0.441 e. The number of benzene rings is 2. The van der Waals surface area contributed by atoms with Gasteiger partial charge in [0.05, 0.1) is 25.3 Å². The Morgan fingerprint density at radius 2 is 1.70 bits per heavy atom. The maximum atomic E-state index is 13.0. The molecular weight excluding hydrogens is 548 g/mol. The van der Waals surface area contributed by atoms with Gasteiger partial charge in [-0.25, -0.2) is 9.78 Å². The van der Waals surface area contributed by atoms with Crippen molar-refractivity contribution in [3.8, 4) is 0 Å². The predicted octanol–water partition coefficient (Wildman–Crippen LogP) is 3.42. The van der Waals surface area contributed by atoms with E-state index in [1.807, 2.05) is 76.0 Å². The molecule has 12 heteroatoms. The Balaban J connectivity index is 0.00000423. The average molecular weight is 589 g/mol. The minimum Gasteiger partial charge on any atom is -0.441 e. The molecular formula is C31H40N8O4. The molecule has 12 nitrogen and oxygen atoms in total. The van der Waals surface area contributed by atoms with Gasteiger partial charge in [-0.2, -0.15) is 0 Å². The summed E-state index contributed by atoms with van der Waals surface area (Å²) >= 11 is 0. The van der Waals surface area contributed by atoms with Crippen LogP contribution < -0.4 is 11.1 Å². The molecule has 0 aliphatic carbocycles. The molecule has 5 rings (SSSR count). The lowest BCUT2D eigenvalue weighted by atomic mass is 10.1. The zero-order valence-electron chi connectivity index (χ0n) is 23.8. The SMILES string of the molecule is C.CC(C)(N)C(=O)N[C@H](COCc1ccccc1)c1nnc2n1CCN(C(=O)OCc1nccn1Cc1ccccc1)C2. The van der Waals surface area contributed by atoms with E-state index in [0.717, 1.165) is 11.1 Å². The van der Waals surface area contributed by atoms with Crippen LogP contribution in [0.3, 0.4) is 0 Å². The van der Waals surface area contributed by atoms with Crippen LogP contribution in [0.25, 0.3) is 0 Å². The molecule has 1 aliphatic rings. The quantitative estimate of drug-likeness (QED) is 0.271. The number of hydrogen-bond donors (Lipinski definition) is 2. The van der Waals surface area contributed by atoms with E-state index in [9.17, 15) is 9.59 Å². The van der Waals surface area contributed by atoms with Gasteiger partial charge < -0.3 is 29.7 Å². The number of rotatable bonds is 11. The van der Waals surface area contributed by atoms with Gasteiger partial charge in [0.25, 0.3) is 0 Å². The molecule has 0 fully saturated rings. The molecule has 1 aliphatic heterocycles. The highest BCUT2D eigenvalue weighted by molar-refractivity contribution is 5.85. The summed E-state index contributed by atoms with van der Waals surface area (Å²) in [4.78, 5) is 31.7. The van der Waals surface area contributed by atoms with Crippen LogP contribution in [0.4, 0.5) is 4.79 Å². The molecule has 1 atom stereocenters. The molecule has 228 valence electrons. The number of carbonyl (C=O) groups is 2. The number of fused-ring (bicyclic) bond motifs is 1. The van der Waals surface area contributed by atoms with E-state index in [1.54, 1.807) is 24.9 Å². The number of ether oxygens (including phenoxy) is 2. The standard InChI is InChI=1S/C30H36N8O4.CH4/c1-30(2,31)28(39)33-24(20-41-19-23-11-7-4-8-12-23)27-35-34-25-18-37(15-16-38(25)27)29(40)42-21-26-32-13-14-36(26)17-22-9-5-3-6-10-22;/h3-14,24H,15-21,31H2,1-2H3,(H,33,39);1H4/t24-;/m1./s1. The Morgan fingerprint density at radius 1 is 1.00 bits per heavy atom. The van der Waals surface area contributed by atoms with E-state index in [0.29, 0.717) is 43.7 Å². The summed E-state index contributed by atoms with van der Waals surface area (Å²) in [7, 11) is 0. The minimum absolute atomic E-state index is 0. The fourth-order valence-electron chi connectivity index (χ4n) is 4.61. The predicted molar refractivity (Wildman–Crippen MR) is 160 cm³/mol. The average Bonchev–Trinajstić information content (AvgIpc) is 3.62. The second-order valence-electron chi connectivity index (χ2n) is 10.8. The molecule has 0 spiro atoms. The normalized spacial score (nSPS) is 13.5. The molecule has 2 aromatic heterocycles. The van der Waals surface area contributed by atoms with E-state index < -0.39 is 17.7 Å². The first-order valence-electron chi connectivity index (χ1n) is 13.9. The summed E-state index contributed by atoms with van der Waals surface area (Å²) in [5.41, 5.74) is 7.10. The third-order valence-corrected chi connectivity index (χ3v) is 6.96. The Kier molecular flexibility index (Phi) is 10.3. The van der Waals surface area contributed by atoms with Gasteiger partial charge in [-0.3, -0.25) is 9.69 Å². The summed E-state index contributed by atoms with van der Waals surface area (Å²) in [5.74, 6) is 1.46. The van der Waals surface area contributed by atoms with Gasteiger partial charge in [0, 0.05) is 32.0 Å². The summed E-state index contributed by atoms with van der Waals surface area (Å²) in [6, 6.07) is 19.2. The fraction of sp³-hybridized carbons (Fsp3) is 0.387. The number of carbonyl (C=O) groups excluding carboxylic acids is 2. The van der Waals surface area contributed by atoms with E-state index in [1.165, 1.54) is 0 Å². The van der Waals surface area contributed by atoms with E-state index in [4.69, 9.17) is 15.2 Å². The van der Waals surface area contributed by atoms with Gasteiger partial charge >= 0.3 is 6.09 Å². The highest BCUT2D eigenvalue weighted by Gasteiger charge is 2.32. The first kappa shape index (κ1) is 31.4.